The molecule has 2 rings (SSSR count). The van der Waals surface area contributed by atoms with Gasteiger partial charge >= 0.3 is 0 Å². The van der Waals surface area contributed by atoms with E-state index in [0.717, 1.165) is 22.8 Å². The molecule has 0 fully saturated rings. The number of amidine groups is 1. The molecule has 1 N–H and O–H groups in total. The Bertz CT molecular complexity index is 727. The van der Waals surface area contributed by atoms with Crippen molar-refractivity contribution in [1.29, 1.82) is 0 Å². The Morgan fingerprint density at radius 2 is 1.86 bits per heavy atom. The normalized spacial score (nSPS) is 10.9. The molecule has 0 amide bonds. The van der Waals surface area contributed by atoms with Crippen molar-refractivity contribution < 1.29 is 0 Å². The number of para-hydroxylation sites is 1. The zero-order valence-corrected chi connectivity index (χ0v) is 12.3. The molecule has 0 bridgehead atoms. The molecule has 0 aliphatic carbocycles. The minimum atomic E-state index is 0.596. The lowest BCUT2D eigenvalue weighted by atomic mass is 10.2. The van der Waals surface area contributed by atoms with Gasteiger partial charge in [0.2, 0.25) is 0 Å². The van der Waals surface area contributed by atoms with Crippen LogP contribution in [0.1, 0.15) is 18.1 Å². The fourth-order valence-electron chi connectivity index (χ4n) is 2.00. The predicted molar refractivity (Wildman–Crippen MR) is 87.6 cm³/mol. The summed E-state index contributed by atoms with van der Waals surface area (Å²) in [6.45, 7) is 5.92. The van der Waals surface area contributed by atoms with Gasteiger partial charge in [0.05, 0.1) is 5.69 Å². The van der Waals surface area contributed by atoms with Crippen LogP contribution in [-0.4, -0.2) is 5.84 Å². The van der Waals surface area contributed by atoms with Crippen LogP contribution in [0.15, 0.2) is 52.6 Å². The standard InChI is InChI=1S/C16H17N5/c1-11-6-4-5-7-15(11)18-13(3)19-16-9-8-14(20-21-17)10-12(16)2/h4-10H,1-3H3,(H,18,19). The van der Waals surface area contributed by atoms with Crippen LogP contribution < -0.4 is 5.32 Å². The molecular formula is C16H17N5. The highest BCUT2D eigenvalue weighted by Gasteiger charge is 2.01. The number of azide groups is 1. The Kier molecular flexibility index (Phi) is 4.59. The molecule has 0 aromatic heterocycles. The van der Waals surface area contributed by atoms with E-state index in [1.165, 1.54) is 5.56 Å². The average molecular weight is 279 g/mol. The summed E-state index contributed by atoms with van der Waals surface area (Å²) in [5.41, 5.74) is 13.1. The molecule has 0 radical (unpaired) electrons. The van der Waals surface area contributed by atoms with Crippen LogP contribution >= 0.6 is 0 Å². The largest absolute Gasteiger partial charge is 0.344 e. The molecule has 2 aromatic carbocycles. The summed E-state index contributed by atoms with van der Waals surface area (Å²) < 4.78 is 0. The number of anilines is 1. The molecule has 0 unspecified atom stereocenters. The molecule has 0 heterocycles. The predicted octanol–water partition coefficient (Wildman–Crippen LogP) is 5.41. The Hall–Kier alpha value is -2.78. The lowest BCUT2D eigenvalue weighted by Crippen LogP contribution is -2.07. The number of aryl methyl sites for hydroxylation is 2. The van der Waals surface area contributed by atoms with Crippen molar-refractivity contribution in [2.75, 3.05) is 5.32 Å². The minimum absolute atomic E-state index is 0.596. The Morgan fingerprint density at radius 1 is 1.10 bits per heavy atom. The first-order valence-corrected chi connectivity index (χ1v) is 6.64. The van der Waals surface area contributed by atoms with E-state index >= 15 is 0 Å². The summed E-state index contributed by atoms with van der Waals surface area (Å²) in [4.78, 5) is 7.35. The van der Waals surface area contributed by atoms with E-state index < -0.39 is 0 Å². The zero-order chi connectivity index (χ0) is 15.2. The van der Waals surface area contributed by atoms with Crippen molar-refractivity contribution in [3.8, 4) is 0 Å². The van der Waals surface area contributed by atoms with E-state index in [-0.39, 0.29) is 0 Å². The van der Waals surface area contributed by atoms with Crippen molar-refractivity contribution in [1.82, 2.24) is 0 Å². The second-order valence-corrected chi connectivity index (χ2v) is 4.80. The summed E-state index contributed by atoms with van der Waals surface area (Å²) in [5.74, 6) is 0.809. The molecule has 21 heavy (non-hydrogen) atoms. The van der Waals surface area contributed by atoms with Gasteiger partial charge in [-0.05, 0) is 55.6 Å². The van der Waals surface area contributed by atoms with E-state index in [0.29, 0.717) is 5.69 Å². The van der Waals surface area contributed by atoms with Crippen LogP contribution in [0.25, 0.3) is 10.4 Å². The number of nitrogens with one attached hydrogen (secondary N) is 1. The van der Waals surface area contributed by atoms with Crippen LogP contribution in [-0.2, 0) is 0 Å². The molecule has 0 atom stereocenters. The zero-order valence-electron chi connectivity index (χ0n) is 12.3. The monoisotopic (exact) mass is 279 g/mol. The van der Waals surface area contributed by atoms with Gasteiger partial charge in [-0.2, -0.15) is 0 Å². The van der Waals surface area contributed by atoms with Crippen molar-refractivity contribution in [3.05, 3.63) is 64.0 Å². The lowest BCUT2D eigenvalue weighted by molar-refractivity contribution is 1.35. The number of rotatable bonds is 3. The Labute approximate surface area is 124 Å². The third-order valence-electron chi connectivity index (χ3n) is 3.09. The number of nitrogens with zero attached hydrogens (tertiary/aromatic N) is 4. The van der Waals surface area contributed by atoms with Gasteiger partial charge < -0.3 is 5.32 Å². The summed E-state index contributed by atoms with van der Waals surface area (Å²) in [6.07, 6.45) is 0. The molecule has 0 spiro atoms. The smallest absolute Gasteiger partial charge is 0.103 e. The van der Waals surface area contributed by atoms with Gasteiger partial charge in [0.1, 0.15) is 5.84 Å². The highest BCUT2D eigenvalue weighted by atomic mass is 15.1. The van der Waals surface area contributed by atoms with Gasteiger partial charge in [-0.3, -0.25) is 0 Å². The fraction of sp³-hybridized carbons (Fsp3) is 0.188. The first-order valence-electron chi connectivity index (χ1n) is 6.64. The van der Waals surface area contributed by atoms with E-state index in [9.17, 15) is 0 Å². The molecule has 106 valence electrons. The number of hydrogen-bond acceptors (Lipinski definition) is 2. The van der Waals surface area contributed by atoms with Crippen molar-refractivity contribution in [3.63, 3.8) is 0 Å². The molecule has 5 heteroatoms. The van der Waals surface area contributed by atoms with E-state index in [1.54, 1.807) is 6.07 Å². The third-order valence-corrected chi connectivity index (χ3v) is 3.09. The summed E-state index contributed by atoms with van der Waals surface area (Å²) >= 11 is 0. The molecule has 0 aliphatic heterocycles. The van der Waals surface area contributed by atoms with Gasteiger partial charge in [-0.1, -0.05) is 29.4 Å². The molecule has 5 nitrogen and oxygen atoms in total. The topological polar surface area (TPSA) is 73.2 Å². The first-order chi connectivity index (χ1) is 10.1. The Balaban J connectivity index is 2.23. The molecule has 0 saturated carbocycles. The molecule has 0 saturated heterocycles. The maximum atomic E-state index is 8.44. The third kappa shape index (κ3) is 3.84. The van der Waals surface area contributed by atoms with Crippen LogP contribution in [0.2, 0.25) is 0 Å². The van der Waals surface area contributed by atoms with Gasteiger partial charge in [-0.15, -0.1) is 0 Å². The summed E-state index contributed by atoms with van der Waals surface area (Å²) in [5, 5.41) is 6.88. The van der Waals surface area contributed by atoms with Crippen LogP contribution in [0, 0.1) is 13.8 Å². The van der Waals surface area contributed by atoms with Gasteiger partial charge in [0, 0.05) is 16.3 Å². The van der Waals surface area contributed by atoms with Crippen LogP contribution in [0.3, 0.4) is 0 Å². The van der Waals surface area contributed by atoms with E-state index in [1.807, 2.05) is 44.2 Å². The van der Waals surface area contributed by atoms with Crippen molar-refractivity contribution in [2.45, 2.75) is 20.8 Å². The highest BCUT2D eigenvalue weighted by Crippen LogP contribution is 2.24. The molecular weight excluding hydrogens is 262 g/mol. The average Bonchev–Trinajstić information content (AvgIpc) is 2.45. The molecule has 2 aromatic rings. The van der Waals surface area contributed by atoms with Crippen molar-refractivity contribution >= 4 is 22.9 Å². The Morgan fingerprint density at radius 3 is 2.52 bits per heavy atom. The van der Waals surface area contributed by atoms with Gasteiger partial charge in [0.15, 0.2) is 0 Å². The maximum absolute atomic E-state index is 8.44. The minimum Gasteiger partial charge on any atom is -0.344 e. The first kappa shape index (κ1) is 14.6. The second kappa shape index (κ2) is 6.59. The lowest BCUT2D eigenvalue weighted by Gasteiger charge is -2.09. The van der Waals surface area contributed by atoms with Crippen LogP contribution in [0.4, 0.5) is 17.1 Å². The molecule has 0 aliphatic rings. The highest BCUT2D eigenvalue weighted by molar-refractivity contribution is 5.96. The number of benzene rings is 2. The number of aliphatic imine (C=N–C) groups is 1. The van der Waals surface area contributed by atoms with E-state index in [4.69, 9.17) is 5.53 Å². The van der Waals surface area contributed by atoms with E-state index in [2.05, 4.69) is 33.3 Å². The van der Waals surface area contributed by atoms with Crippen LogP contribution in [0.5, 0.6) is 0 Å². The summed E-state index contributed by atoms with van der Waals surface area (Å²) in [6, 6.07) is 13.5. The van der Waals surface area contributed by atoms with Gasteiger partial charge in [0.25, 0.3) is 0 Å². The van der Waals surface area contributed by atoms with Gasteiger partial charge in [-0.25, -0.2) is 4.99 Å². The maximum Gasteiger partial charge on any atom is 0.103 e. The SMILES string of the molecule is CC(=Nc1ccc(N=[N+]=[N-])cc1C)Nc1ccccc1C. The van der Waals surface area contributed by atoms with Crippen molar-refractivity contribution in [2.24, 2.45) is 10.1 Å². The quantitative estimate of drug-likeness (QED) is 0.263. The fourth-order valence-corrected chi connectivity index (χ4v) is 2.00. The summed E-state index contributed by atoms with van der Waals surface area (Å²) in [7, 11) is 0. The number of hydrogen-bond donors (Lipinski definition) is 1. The second-order valence-electron chi connectivity index (χ2n) is 4.80.